The molecule has 2 heterocycles. The number of furan rings is 1. The molecule has 29 heavy (non-hydrogen) atoms. The molecule has 1 saturated heterocycles. The molecule has 4 rings (SSSR count). The molecule has 0 atom stereocenters. The largest absolute Gasteiger partial charge is 0.493 e. The summed E-state index contributed by atoms with van der Waals surface area (Å²) in [5, 5.41) is 1.04. The monoisotopic (exact) mass is 411 g/mol. The number of thioether (sulfide) groups is 1. The molecule has 1 aromatic heterocycles. The number of fused-ring (bicyclic) bond motifs is 1. The molecule has 2 aromatic carbocycles. The number of carbonyl (C=O) groups is 1. The molecule has 0 aliphatic carbocycles. The van der Waals surface area contributed by atoms with Crippen molar-refractivity contribution in [3.05, 3.63) is 42.0 Å². The number of hydrogen-bond acceptors (Lipinski definition) is 5. The van der Waals surface area contributed by atoms with Crippen LogP contribution in [0.5, 0.6) is 11.5 Å². The summed E-state index contributed by atoms with van der Waals surface area (Å²) >= 11 is 1.64. The quantitative estimate of drug-likeness (QED) is 0.534. The zero-order chi connectivity index (χ0) is 20.4. The molecular formula is C23H25NO4S. The van der Waals surface area contributed by atoms with Crippen LogP contribution in [-0.2, 0) is 11.2 Å². The summed E-state index contributed by atoms with van der Waals surface area (Å²) in [4.78, 5) is 15.6. The molecule has 0 bridgehead atoms. The van der Waals surface area contributed by atoms with Crippen molar-refractivity contribution in [2.24, 2.45) is 0 Å². The van der Waals surface area contributed by atoms with Crippen molar-refractivity contribution in [1.82, 2.24) is 4.90 Å². The van der Waals surface area contributed by atoms with E-state index in [0.717, 1.165) is 58.7 Å². The summed E-state index contributed by atoms with van der Waals surface area (Å²) in [5.74, 6) is 2.35. The maximum atomic E-state index is 12.5. The van der Waals surface area contributed by atoms with Crippen molar-refractivity contribution >= 4 is 28.6 Å². The lowest BCUT2D eigenvalue weighted by Gasteiger charge is -2.15. The van der Waals surface area contributed by atoms with Crippen LogP contribution in [0.3, 0.4) is 0 Å². The zero-order valence-corrected chi connectivity index (χ0v) is 17.8. The molecule has 3 aromatic rings. The van der Waals surface area contributed by atoms with E-state index in [1.807, 2.05) is 41.5 Å². The molecule has 1 amide bonds. The summed E-state index contributed by atoms with van der Waals surface area (Å²) in [5.41, 5.74) is 2.76. The average molecular weight is 412 g/mol. The van der Waals surface area contributed by atoms with Crippen molar-refractivity contribution in [1.29, 1.82) is 0 Å². The number of benzene rings is 2. The van der Waals surface area contributed by atoms with Gasteiger partial charge < -0.3 is 18.8 Å². The minimum Gasteiger partial charge on any atom is -0.493 e. The minimum atomic E-state index is 0.205. The van der Waals surface area contributed by atoms with Gasteiger partial charge in [-0.3, -0.25) is 4.79 Å². The van der Waals surface area contributed by atoms with Crippen molar-refractivity contribution in [3.63, 3.8) is 0 Å². The normalized spacial score (nSPS) is 13.8. The lowest BCUT2D eigenvalue weighted by atomic mass is 10.1. The molecule has 0 unspecified atom stereocenters. The SMILES string of the molecule is COc1ccc(-c2oc3ccc(CC(=O)N4CCCC4)cc3c2SC)cc1OC. The molecule has 0 radical (unpaired) electrons. The Morgan fingerprint density at radius 3 is 2.52 bits per heavy atom. The Morgan fingerprint density at radius 2 is 1.83 bits per heavy atom. The Balaban J connectivity index is 1.70. The van der Waals surface area contributed by atoms with E-state index in [2.05, 4.69) is 6.07 Å². The molecule has 0 N–H and O–H groups in total. The third-order valence-corrected chi connectivity index (χ3v) is 6.18. The van der Waals surface area contributed by atoms with Gasteiger partial charge in [-0.05, 0) is 55.0 Å². The average Bonchev–Trinajstić information content (AvgIpc) is 3.41. The minimum absolute atomic E-state index is 0.205. The number of ether oxygens (including phenoxy) is 2. The first-order chi connectivity index (χ1) is 14.1. The van der Waals surface area contributed by atoms with Crippen LogP contribution in [0.25, 0.3) is 22.3 Å². The van der Waals surface area contributed by atoms with Gasteiger partial charge in [0.2, 0.25) is 5.91 Å². The lowest BCUT2D eigenvalue weighted by Crippen LogP contribution is -2.29. The molecule has 0 spiro atoms. The Labute approximate surface area is 175 Å². The Kier molecular flexibility index (Phi) is 5.72. The van der Waals surface area contributed by atoms with E-state index in [1.54, 1.807) is 26.0 Å². The smallest absolute Gasteiger partial charge is 0.226 e. The van der Waals surface area contributed by atoms with Gasteiger partial charge in [-0.25, -0.2) is 0 Å². The Hall–Kier alpha value is -2.60. The number of rotatable bonds is 6. The van der Waals surface area contributed by atoms with Gasteiger partial charge >= 0.3 is 0 Å². The van der Waals surface area contributed by atoms with Gasteiger partial charge in [-0.1, -0.05) is 6.07 Å². The highest BCUT2D eigenvalue weighted by molar-refractivity contribution is 7.99. The van der Waals surface area contributed by atoms with Crippen molar-refractivity contribution < 1.29 is 18.7 Å². The second-order valence-electron chi connectivity index (χ2n) is 7.13. The van der Waals surface area contributed by atoms with Crippen LogP contribution in [0.15, 0.2) is 45.7 Å². The van der Waals surface area contributed by atoms with Crippen LogP contribution in [0.2, 0.25) is 0 Å². The van der Waals surface area contributed by atoms with Crippen molar-refractivity contribution in [2.75, 3.05) is 33.6 Å². The number of likely N-dealkylation sites (tertiary alicyclic amines) is 1. The number of amides is 1. The Morgan fingerprint density at radius 1 is 1.07 bits per heavy atom. The molecule has 5 nitrogen and oxygen atoms in total. The van der Waals surface area contributed by atoms with Crippen LogP contribution in [0, 0.1) is 0 Å². The summed E-state index contributed by atoms with van der Waals surface area (Å²) < 4.78 is 17.0. The topological polar surface area (TPSA) is 51.9 Å². The highest BCUT2D eigenvalue weighted by atomic mass is 32.2. The fraction of sp³-hybridized carbons (Fsp3) is 0.348. The second kappa shape index (κ2) is 8.41. The third kappa shape index (κ3) is 3.81. The molecular weight excluding hydrogens is 386 g/mol. The molecule has 1 fully saturated rings. The lowest BCUT2D eigenvalue weighted by molar-refractivity contribution is -0.129. The Bertz CT molecular complexity index is 1040. The van der Waals surface area contributed by atoms with Gasteiger partial charge in [0.1, 0.15) is 11.3 Å². The maximum Gasteiger partial charge on any atom is 0.226 e. The third-order valence-electron chi connectivity index (χ3n) is 5.37. The van der Waals surface area contributed by atoms with Gasteiger partial charge in [-0.2, -0.15) is 0 Å². The number of nitrogens with zero attached hydrogens (tertiary/aromatic N) is 1. The zero-order valence-electron chi connectivity index (χ0n) is 17.0. The predicted octanol–water partition coefficient (Wildman–Crippen LogP) is 5.00. The van der Waals surface area contributed by atoms with Gasteiger partial charge in [0.05, 0.1) is 25.5 Å². The van der Waals surface area contributed by atoms with E-state index in [9.17, 15) is 4.79 Å². The summed E-state index contributed by atoms with van der Waals surface area (Å²) in [6.07, 6.45) is 4.69. The van der Waals surface area contributed by atoms with E-state index in [0.29, 0.717) is 17.9 Å². The van der Waals surface area contributed by atoms with Gasteiger partial charge in [-0.15, -0.1) is 11.8 Å². The fourth-order valence-corrected chi connectivity index (χ4v) is 4.58. The van der Waals surface area contributed by atoms with Gasteiger partial charge in [0.15, 0.2) is 11.5 Å². The molecule has 0 saturated carbocycles. The van der Waals surface area contributed by atoms with E-state index >= 15 is 0 Å². The summed E-state index contributed by atoms with van der Waals surface area (Å²) in [6.45, 7) is 1.76. The number of methoxy groups -OCH3 is 2. The van der Waals surface area contributed by atoms with Crippen LogP contribution < -0.4 is 9.47 Å². The van der Waals surface area contributed by atoms with E-state index in [4.69, 9.17) is 13.9 Å². The first-order valence-electron chi connectivity index (χ1n) is 9.74. The first kappa shape index (κ1) is 19.7. The summed E-state index contributed by atoms with van der Waals surface area (Å²) in [7, 11) is 3.25. The van der Waals surface area contributed by atoms with Gasteiger partial charge in [0.25, 0.3) is 0 Å². The number of hydrogen-bond donors (Lipinski definition) is 0. The van der Waals surface area contributed by atoms with Crippen LogP contribution in [0.1, 0.15) is 18.4 Å². The highest BCUT2D eigenvalue weighted by Crippen LogP contribution is 2.42. The summed E-state index contributed by atoms with van der Waals surface area (Å²) in [6, 6.07) is 11.8. The predicted molar refractivity (Wildman–Crippen MR) is 116 cm³/mol. The van der Waals surface area contributed by atoms with Crippen LogP contribution >= 0.6 is 11.8 Å². The van der Waals surface area contributed by atoms with E-state index in [-0.39, 0.29) is 5.91 Å². The maximum absolute atomic E-state index is 12.5. The van der Waals surface area contributed by atoms with Crippen LogP contribution in [0.4, 0.5) is 0 Å². The molecule has 1 aliphatic rings. The molecule has 152 valence electrons. The van der Waals surface area contributed by atoms with Crippen LogP contribution in [-0.4, -0.2) is 44.4 Å². The van der Waals surface area contributed by atoms with E-state index in [1.165, 1.54) is 0 Å². The molecule has 1 aliphatic heterocycles. The highest BCUT2D eigenvalue weighted by Gasteiger charge is 2.20. The number of carbonyl (C=O) groups excluding carboxylic acids is 1. The van der Waals surface area contributed by atoms with Crippen molar-refractivity contribution in [3.8, 4) is 22.8 Å². The first-order valence-corrected chi connectivity index (χ1v) is 11.0. The molecule has 6 heteroatoms. The van der Waals surface area contributed by atoms with Gasteiger partial charge in [0, 0.05) is 24.0 Å². The second-order valence-corrected chi connectivity index (χ2v) is 7.95. The standard InChI is InChI=1S/C23H25NO4S/c1-26-19-9-7-16(14-20(19)27-2)22-23(29-3)17-12-15(6-8-18(17)28-22)13-21(25)24-10-4-5-11-24/h6-9,12,14H,4-5,10-11,13H2,1-3H3. The van der Waals surface area contributed by atoms with Crippen molar-refractivity contribution in [2.45, 2.75) is 24.2 Å². The fourth-order valence-electron chi connectivity index (χ4n) is 3.86. The van der Waals surface area contributed by atoms with E-state index < -0.39 is 0 Å².